The molecule has 1 aromatic carbocycles. The maximum absolute atomic E-state index is 12.1. The molecule has 0 spiro atoms. The van der Waals surface area contributed by atoms with Crippen LogP contribution in [-0.4, -0.2) is 19.4 Å². The maximum atomic E-state index is 12.1. The first kappa shape index (κ1) is 18.1. The average Bonchev–Trinajstić information content (AvgIpc) is 2.37. The second-order valence-corrected chi connectivity index (χ2v) is 7.78. The first-order chi connectivity index (χ1) is 9.73. The summed E-state index contributed by atoms with van der Waals surface area (Å²) in [5, 5.41) is 0. The van der Waals surface area contributed by atoms with Gasteiger partial charge in [0.2, 0.25) is 10.0 Å². The van der Waals surface area contributed by atoms with Gasteiger partial charge in [-0.1, -0.05) is 56.8 Å². The van der Waals surface area contributed by atoms with Crippen molar-refractivity contribution in [2.24, 2.45) is 11.7 Å². The molecule has 3 N–H and O–H groups in total. The fourth-order valence-electron chi connectivity index (χ4n) is 2.15. The van der Waals surface area contributed by atoms with E-state index in [0.29, 0.717) is 10.9 Å². The molecule has 1 aromatic rings. The van der Waals surface area contributed by atoms with Gasteiger partial charge in [-0.05, 0) is 24.8 Å². The SMILES string of the molecule is CCC(C)CC(C)NS(=O)(=O)Cc1ccc(C(N)=S)cc1. The van der Waals surface area contributed by atoms with Crippen molar-refractivity contribution in [3.63, 3.8) is 0 Å². The Bertz CT molecular complexity index is 568. The summed E-state index contributed by atoms with van der Waals surface area (Å²) in [6.07, 6.45) is 1.89. The summed E-state index contributed by atoms with van der Waals surface area (Å²) < 4.78 is 27.0. The molecular formula is C15H24N2O2S2. The fraction of sp³-hybridized carbons (Fsp3) is 0.533. The highest BCUT2D eigenvalue weighted by Gasteiger charge is 2.16. The Morgan fingerprint density at radius 2 is 1.86 bits per heavy atom. The van der Waals surface area contributed by atoms with Gasteiger partial charge in [0.25, 0.3) is 0 Å². The van der Waals surface area contributed by atoms with E-state index in [4.69, 9.17) is 18.0 Å². The highest BCUT2D eigenvalue weighted by Crippen LogP contribution is 2.12. The second-order valence-electron chi connectivity index (χ2n) is 5.59. The van der Waals surface area contributed by atoms with Gasteiger partial charge in [-0.3, -0.25) is 0 Å². The third-order valence-electron chi connectivity index (χ3n) is 3.43. The molecule has 1 rings (SSSR count). The van der Waals surface area contributed by atoms with E-state index in [1.807, 2.05) is 6.92 Å². The summed E-state index contributed by atoms with van der Waals surface area (Å²) in [6.45, 7) is 6.13. The fourth-order valence-corrected chi connectivity index (χ4v) is 3.71. The average molecular weight is 329 g/mol. The highest BCUT2D eigenvalue weighted by atomic mass is 32.2. The largest absolute Gasteiger partial charge is 0.389 e. The zero-order chi connectivity index (χ0) is 16.0. The minimum Gasteiger partial charge on any atom is -0.389 e. The molecule has 6 heteroatoms. The van der Waals surface area contributed by atoms with Crippen LogP contribution in [0.4, 0.5) is 0 Å². The van der Waals surface area contributed by atoms with Gasteiger partial charge in [0, 0.05) is 11.6 Å². The molecule has 0 bridgehead atoms. The minimum atomic E-state index is -3.33. The van der Waals surface area contributed by atoms with Crippen LogP contribution in [0, 0.1) is 5.92 Å². The van der Waals surface area contributed by atoms with Crippen molar-refractivity contribution in [1.29, 1.82) is 0 Å². The number of thiocarbonyl (C=S) groups is 1. The van der Waals surface area contributed by atoms with Crippen molar-refractivity contribution in [3.05, 3.63) is 35.4 Å². The molecule has 0 radical (unpaired) electrons. The van der Waals surface area contributed by atoms with Crippen LogP contribution in [0.2, 0.25) is 0 Å². The standard InChI is InChI=1S/C15H24N2O2S2/c1-4-11(2)9-12(3)17-21(18,19)10-13-5-7-14(8-6-13)15(16)20/h5-8,11-12,17H,4,9-10H2,1-3H3,(H2,16,20). The summed E-state index contributed by atoms with van der Waals surface area (Å²) in [4.78, 5) is 0.310. The lowest BCUT2D eigenvalue weighted by molar-refractivity contribution is 0.445. The lowest BCUT2D eigenvalue weighted by atomic mass is 10.0. The summed E-state index contributed by atoms with van der Waals surface area (Å²) >= 11 is 4.87. The molecule has 2 atom stereocenters. The molecule has 2 unspecified atom stereocenters. The quantitative estimate of drug-likeness (QED) is 0.719. The number of nitrogens with one attached hydrogen (secondary N) is 1. The molecule has 0 saturated heterocycles. The topological polar surface area (TPSA) is 72.2 Å². The number of sulfonamides is 1. The summed E-state index contributed by atoms with van der Waals surface area (Å²) in [5.74, 6) is 0.475. The molecule has 0 amide bonds. The highest BCUT2D eigenvalue weighted by molar-refractivity contribution is 7.88. The monoisotopic (exact) mass is 328 g/mol. The van der Waals surface area contributed by atoms with Gasteiger partial charge < -0.3 is 5.73 Å². The van der Waals surface area contributed by atoms with Crippen LogP contribution in [0.5, 0.6) is 0 Å². The molecule has 0 aliphatic carbocycles. The Balaban J connectivity index is 2.65. The molecule has 0 fully saturated rings. The smallest absolute Gasteiger partial charge is 0.216 e. The van der Waals surface area contributed by atoms with E-state index in [0.717, 1.165) is 24.0 Å². The third kappa shape index (κ3) is 6.54. The Kier molecular flexibility index (Phi) is 6.77. The Morgan fingerprint density at radius 3 is 2.33 bits per heavy atom. The Morgan fingerprint density at radius 1 is 1.29 bits per heavy atom. The maximum Gasteiger partial charge on any atom is 0.216 e. The Labute approximate surface area is 133 Å². The molecule has 0 aliphatic heterocycles. The van der Waals surface area contributed by atoms with E-state index >= 15 is 0 Å². The van der Waals surface area contributed by atoms with Crippen molar-refractivity contribution >= 4 is 27.2 Å². The van der Waals surface area contributed by atoms with Crippen LogP contribution in [-0.2, 0) is 15.8 Å². The number of benzene rings is 1. The molecule has 0 aromatic heterocycles. The zero-order valence-electron chi connectivity index (χ0n) is 12.8. The van der Waals surface area contributed by atoms with Gasteiger partial charge in [-0.25, -0.2) is 13.1 Å². The molecule has 0 aliphatic rings. The summed E-state index contributed by atoms with van der Waals surface area (Å²) in [6, 6.07) is 6.92. The number of nitrogens with two attached hydrogens (primary N) is 1. The number of hydrogen-bond donors (Lipinski definition) is 2. The first-order valence-electron chi connectivity index (χ1n) is 7.12. The predicted octanol–water partition coefficient (Wildman–Crippen LogP) is 2.56. The molecular weight excluding hydrogens is 304 g/mol. The van der Waals surface area contributed by atoms with Crippen LogP contribution in [0.15, 0.2) is 24.3 Å². The molecule has 0 saturated carbocycles. The zero-order valence-corrected chi connectivity index (χ0v) is 14.4. The molecule has 21 heavy (non-hydrogen) atoms. The number of rotatable bonds is 8. The molecule has 4 nitrogen and oxygen atoms in total. The summed E-state index contributed by atoms with van der Waals surface area (Å²) in [5.41, 5.74) is 6.98. The van der Waals surface area contributed by atoms with Crippen LogP contribution in [0.1, 0.15) is 44.7 Å². The lowest BCUT2D eigenvalue weighted by Gasteiger charge is -2.17. The predicted molar refractivity (Wildman–Crippen MR) is 91.6 cm³/mol. The molecule has 118 valence electrons. The molecule has 0 heterocycles. The van der Waals surface area contributed by atoms with E-state index < -0.39 is 10.0 Å². The third-order valence-corrected chi connectivity index (χ3v) is 5.14. The van der Waals surface area contributed by atoms with E-state index in [9.17, 15) is 8.42 Å². The second kappa shape index (κ2) is 7.87. The van der Waals surface area contributed by atoms with Crippen LogP contribution in [0.3, 0.4) is 0 Å². The van der Waals surface area contributed by atoms with Crippen molar-refractivity contribution in [2.45, 2.75) is 45.4 Å². The Hall–Kier alpha value is -0.980. The van der Waals surface area contributed by atoms with Crippen molar-refractivity contribution in [1.82, 2.24) is 4.72 Å². The normalized spacial score (nSPS) is 14.6. The minimum absolute atomic E-state index is 0.0323. The van der Waals surface area contributed by atoms with Gasteiger partial charge in [0.15, 0.2) is 0 Å². The van der Waals surface area contributed by atoms with Crippen LogP contribution >= 0.6 is 12.2 Å². The van der Waals surface area contributed by atoms with Crippen molar-refractivity contribution in [2.75, 3.05) is 0 Å². The summed E-state index contributed by atoms with van der Waals surface area (Å²) in [7, 11) is -3.33. The van der Waals surface area contributed by atoms with Gasteiger partial charge in [0.05, 0.1) is 5.75 Å². The van der Waals surface area contributed by atoms with Crippen LogP contribution in [0.25, 0.3) is 0 Å². The van der Waals surface area contributed by atoms with Gasteiger partial charge in [-0.2, -0.15) is 0 Å². The van der Waals surface area contributed by atoms with Crippen LogP contribution < -0.4 is 10.5 Å². The van der Waals surface area contributed by atoms with Crippen molar-refractivity contribution < 1.29 is 8.42 Å². The van der Waals surface area contributed by atoms with Gasteiger partial charge >= 0.3 is 0 Å². The van der Waals surface area contributed by atoms with E-state index in [-0.39, 0.29) is 11.8 Å². The van der Waals surface area contributed by atoms with E-state index in [2.05, 4.69) is 18.6 Å². The van der Waals surface area contributed by atoms with E-state index in [1.54, 1.807) is 24.3 Å². The van der Waals surface area contributed by atoms with Gasteiger partial charge in [0.1, 0.15) is 4.99 Å². The first-order valence-corrected chi connectivity index (χ1v) is 9.18. The van der Waals surface area contributed by atoms with E-state index in [1.165, 1.54) is 0 Å². The van der Waals surface area contributed by atoms with Gasteiger partial charge in [-0.15, -0.1) is 0 Å². The number of hydrogen-bond acceptors (Lipinski definition) is 3. The lowest BCUT2D eigenvalue weighted by Crippen LogP contribution is -2.34. The van der Waals surface area contributed by atoms with Crippen molar-refractivity contribution in [3.8, 4) is 0 Å².